The molecule has 0 spiro atoms. The lowest BCUT2D eigenvalue weighted by atomic mass is 9.98. The van der Waals surface area contributed by atoms with Gasteiger partial charge in [0.05, 0.1) is 11.1 Å². The van der Waals surface area contributed by atoms with Crippen molar-refractivity contribution in [3.63, 3.8) is 0 Å². The van der Waals surface area contributed by atoms with Gasteiger partial charge in [-0.15, -0.1) is 0 Å². The first-order valence-electron chi connectivity index (χ1n) is 8.80. The monoisotopic (exact) mass is 371 g/mol. The number of benzene rings is 1. The quantitative estimate of drug-likeness (QED) is 0.894. The molecule has 136 valence electrons. The Morgan fingerprint density at radius 1 is 1.15 bits per heavy atom. The fourth-order valence-electron chi connectivity index (χ4n) is 2.96. The summed E-state index contributed by atoms with van der Waals surface area (Å²) >= 11 is 5.86. The third kappa shape index (κ3) is 4.61. The van der Waals surface area contributed by atoms with Gasteiger partial charge in [0.1, 0.15) is 0 Å². The average Bonchev–Trinajstić information content (AvgIpc) is 2.67. The van der Waals surface area contributed by atoms with Crippen LogP contribution in [0.15, 0.2) is 42.7 Å². The van der Waals surface area contributed by atoms with Gasteiger partial charge in [-0.2, -0.15) is 0 Å². The van der Waals surface area contributed by atoms with E-state index in [-0.39, 0.29) is 11.8 Å². The Labute approximate surface area is 158 Å². The summed E-state index contributed by atoms with van der Waals surface area (Å²) in [5.74, 6) is 0.341. The lowest BCUT2D eigenvalue weighted by Gasteiger charge is -2.30. The topological polar surface area (TPSA) is 62.3 Å². The highest BCUT2D eigenvalue weighted by Crippen LogP contribution is 2.18. The molecule has 0 saturated carbocycles. The summed E-state index contributed by atoms with van der Waals surface area (Å²) in [6.45, 7) is 4.10. The van der Waals surface area contributed by atoms with Gasteiger partial charge in [0.15, 0.2) is 0 Å². The normalized spacial score (nSPS) is 14.9. The van der Waals surface area contributed by atoms with Crippen LogP contribution < -0.4 is 5.32 Å². The summed E-state index contributed by atoms with van der Waals surface area (Å²) in [4.78, 5) is 30.9. The van der Waals surface area contributed by atoms with Crippen molar-refractivity contribution in [3.8, 4) is 0 Å². The Kier molecular flexibility index (Phi) is 5.89. The van der Waals surface area contributed by atoms with E-state index in [0.29, 0.717) is 28.6 Å². The van der Waals surface area contributed by atoms with E-state index in [2.05, 4.69) is 17.2 Å². The third-order valence-electron chi connectivity index (χ3n) is 4.68. The Bertz CT molecular complexity index is 784. The summed E-state index contributed by atoms with van der Waals surface area (Å²) in [5.41, 5.74) is 1.79. The number of nitrogens with zero attached hydrogens (tertiary/aromatic N) is 2. The average molecular weight is 372 g/mol. The second kappa shape index (κ2) is 8.32. The van der Waals surface area contributed by atoms with E-state index in [1.165, 1.54) is 12.4 Å². The van der Waals surface area contributed by atoms with Crippen molar-refractivity contribution in [3.05, 3.63) is 64.4 Å². The molecular weight excluding hydrogens is 350 g/mol. The first kappa shape index (κ1) is 18.4. The Hall–Kier alpha value is -2.40. The van der Waals surface area contributed by atoms with Gasteiger partial charge in [-0.1, -0.05) is 30.7 Å². The van der Waals surface area contributed by atoms with Gasteiger partial charge >= 0.3 is 0 Å². The first-order chi connectivity index (χ1) is 12.5. The lowest BCUT2D eigenvalue weighted by molar-refractivity contribution is 0.0697. The highest BCUT2D eigenvalue weighted by Gasteiger charge is 2.22. The fraction of sp³-hybridized carbons (Fsp3) is 0.350. The van der Waals surface area contributed by atoms with Crippen LogP contribution in [0.25, 0.3) is 0 Å². The SMILES string of the molecule is CC1CCN(C(=O)c2cncc(C(=O)NCc3ccc(Cl)cc3)c2)CC1. The summed E-state index contributed by atoms with van der Waals surface area (Å²) < 4.78 is 0. The molecular formula is C20H22ClN3O2. The highest BCUT2D eigenvalue weighted by molar-refractivity contribution is 6.30. The molecule has 1 aliphatic heterocycles. The van der Waals surface area contributed by atoms with Gasteiger partial charge in [-0.25, -0.2) is 0 Å². The number of rotatable bonds is 4. The smallest absolute Gasteiger partial charge is 0.255 e. The molecule has 5 nitrogen and oxygen atoms in total. The van der Waals surface area contributed by atoms with Crippen LogP contribution in [0.5, 0.6) is 0 Å². The first-order valence-corrected chi connectivity index (χ1v) is 9.17. The van der Waals surface area contributed by atoms with Gasteiger partial charge in [0.2, 0.25) is 0 Å². The number of likely N-dealkylation sites (tertiary alicyclic amines) is 1. The number of pyridine rings is 1. The van der Waals surface area contributed by atoms with Crippen LogP contribution in [0.3, 0.4) is 0 Å². The van der Waals surface area contributed by atoms with Crippen LogP contribution >= 0.6 is 11.6 Å². The molecule has 2 heterocycles. The molecule has 0 aliphatic carbocycles. The molecule has 26 heavy (non-hydrogen) atoms. The van der Waals surface area contributed by atoms with Gasteiger partial charge in [0.25, 0.3) is 11.8 Å². The number of hydrogen-bond donors (Lipinski definition) is 1. The molecule has 1 N–H and O–H groups in total. The van der Waals surface area contributed by atoms with E-state index in [1.807, 2.05) is 17.0 Å². The maximum absolute atomic E-state index is 12.6. The fourth-order valence-corrected chi connectivity index (χ4v) is 3.09. The van der Waals surface area contributed by atoms with E-state index in [9.17, 15) is 9.59 Å². The molecule has 2 amide bonds. The standard InChI is InChI=1S/C20H22ClN3O2/c1-14-6-8-24(9-7-14)20(26)17-10-16(12-22-13-17)19(25)23-11-15-2-4-18(21)5-3-15/h2-5,10,12-14H,6-9,11H2,1H3,(H,23,25). The van der Waals surface area contributed by atoms with Gasteiger partial charge in [-0.3, -0.25) is 14.6 Å². The zero-order valence-electron chi connectivity index (χ0n) is 14.7. The zero-order chi connectivity index (χ0) is 18.5. The summed E-state index contributed by atoms with van der Waals surface area (Å²) in [6, 6.07) is 8.90. The maximum Gasteiger partial charge on any atom is 0.255 e. The van der Waals surface area contributed by atoms with E-state index in [0.717, 1.165) is 31.5 Å². The molecule has 1 aromatic heterocycles. The Morgan fingerprint density at radius 2 is 1.81 bits per heavy atom. The minimum atomic E-state index is -0.255. The summed E-state index contributed by atoms with van der Waals surface area (Å²) in [7, 11) is 0. The number of halogens is 1. The molecule has 1 saturated heterocycles. The second-order valence-electron chi connectivity index (χ2n) is 6.75. The maximum atomic E-state index is 12.6. The minimum Gasteiger partial charge on any atom is -0.348 e. The largest absolute Gasteiger partial charge is 0.348 e. The molecule has 1 fully saturated rings. The molecule has 1 aliphatic rings. The predicted molar refractivity (Wildman–Crippen MR) is 101 cm³/mol. The number of aromatic nitrogens is 1. The summed E-state index contributed by atoms with van der Waals surface area (Å²) in [5, 5.41) is 3.49. The highest BCUT2D eigenvalue weighted by atomic mass is 35.5. The summed E-state index contributed by atoms with van der Waals surface area (Å²) in [6.07, 6.45) is 5.03. The molecule has 0 unspecified atom stereocenters. The molecule has 3 rings (SSSR count). The van der Waals surface area contributed by atoms with Crippen LogP contribution in [0.1, 0.15) is 46.0 Å². The Balaban J connectivity index is 1.63. The van der Waals surface area contributed by atoms with Crippen LogP contribution in [0, 0.1) is 5.92 Å². The van der Waals surface area contributed by atoms with Crippen molar-refractivity contribution in [1.82, 2.24) is 15.2 Å². The van der Waals surface area contributed by atoms with Gasteiger partial charge in [-0.05, 0) is 42.5 Å². The molecule has 1 aromatic carbocycles. The number of carbonyl (C=O) groups is 2. The zero-order valence-corrected chi connectivity index (χ0v) is 15.5. The third-order valence-corrected chi connectivity index (χ3v) is 4.94. The lowest BCUT2D eigenvalue weighted by Crippen LogP contribution is -2.38. The van der Waals surface area contributed by atoms with Crippen molar-refractivity contribution in [2.45, 2.75) is 26.3 Å². The van der Waals surface area contributed by atoms with Crippen LogP contribution in [0.4, 0.5) is 0 Å². The molecule has 6 heteroatoms. The Morgan fingerprint density at radius 3 is 2.50 bits per heavy atom. The van der Waals surface area contributed by atoms with Crippen molar-refractivity contribution < 1.29 is 9.59 Å². The number of carbonyl (C=O) groups excluding carboxylic acids is 2. The van der Waals surface area contributed by atoms with Crippen LogP contribution in [-0.2, 0) is 6.54 Å². The van der Waals surface area contributed by atoms with Crippen molar-refractivity contribution in [2.75, 3.05) is 13.1 Å². The van der Waals surface area contributed by atoms with Gasteiger partial charge < -0.3 is 10.2 Å². The number of piperidine rings is 1. The van der Waals surface area contributed by atoms with Crippen LogP contribution in [0.2, 0.25) is 5.02 Å². The van der Waals surface area contributed by atoms with E-state index in [4.69, 9.17) is 11.6 Å². The molecule has 0 bridgehead atoms. The number of nitrogens with one attached hydrogen (secondary N) is 1. The van der Waals surface area contributed by atoms with E-state index >= 15 is 0 Å². The van der Waals surface area contributed by atoms with Crippen molar-refractivity contribution >= 4 is 23.4 Å². The predicted octanol–water partition coefficient (Wildman–Crippen LogP) is 3.54. The van der Waals surface area contributed by atoms with Gasteiger partial charge in [0, 0.05) is 37.1 Å². The second-order valence-corrected chi connectivity index (χ2v) is 7.18. The molecule has 0 atom stereocenters. The number of amides is 2. The molecule has 0 radical (unpaired) electrons. The number of hydrogen-bond acceptors (Lipinski definition) is 3. The van der Waals surface area contributed by atoms with Crippen molar-refractivity contribution in [2.24, 2.45) is 5.92 Å². The van der Waals surface area contributed by atoms with E-state index in [1.54, 1.807) is 18.2 Å². The minimum absolute atomic E-state index is 0.0586. The van der Waals surface area contributed by atoms with Crippen LogP contribution in [-0.4, -0.2) is 34.8 Å². The molecule has 2 aromatic rings. The van der Waals surface area contributed by atoms with E-state index < -0.39 is 0 Å². The van der Waals surface area contributed by atoms with Crippen molar-refractivity contribution in [1.29, 1.82) is 0 Å².